The summed E-state index contributed by atoms with van der Waals surface area (Å²) in [4.78, 5) is 4.78. The van der Waals surface area contributed by atoms with E-state index in [4.69, 9.17) is 9.72 Å². The van der Waals surface area contributed by atoms with Gasteiger partial charge in [0.1, 0.15) is 11.6 Å². The number of aromatic nitrogens is 1. The molecule has 0 radical (unpaired) electrons. The van der Waals surface area contributed by atoms with Crippen LogP contribution in [0.3, 0.4) is 0 Å². The highest BCUT2D eigenvalue weighted by Crippen LogP contribution is 2.31. The van der Waals surface area contributed by atoms with Gasteiger partial charge in [0.25, 0.3) is 0 Å². The van der Waals surface area contributed by atoms with Crippen molar-refractivity contribution in [3.05, 3.63) is 83.7 Å². The first-order valence-electron chi connectivity index (χ1n) is 10.5. The molecule has 1 heterocycles. The number of fused-ring (bicyclic) bond motifs is 1. The quantitative estimate of drug-likeness (QED) is 0.313. The lowest BCUT2D eigenvalue weighted by Crippen LogP contribution is -1.96. The van der Waals surface area contributed by atoms with Crippen LogP contribution in [0.15, 0.2) is 66.7 Å². The Bertz CT molecular complexity index is 1200. The monoisotopic (exact) mass is 399 g/mol. The van der Waals surface area contributed by atoms with Gasteiger partial charge in [-0.2, -0.15) is 0 Å². The number of hydrogen-bond acceptors (Lipinski definition) is 2. The van der Waals surface area contributed by atoms with Crippen molar-refractivity contribution in [2.75, 3.05) is 6.61 Å². The molecular weight excluding hydrogens is 373 g/mol. The molecule has 152 valence electrons. The van der Waals surface area contributed by atoms with E-state index in [2.05, 4.69) is 44.2 Å². The summed E-state index contributed by atoms with van der Waals surface area (Å²) in [6.07, 6.45) is 2.18. The Morgan fingerprint density at radius 2 is 1.70 bits per heavy atom. The molecule has 0 saturated heterocycles. The molecule has 0 unspecified atom stereocenters. The molecule has 0 spiro atoms. The molecule has 0 amide bonds. The van der Waals surface area contributed by atoms with Crippen LogP contribution in [0.5, 0.6) is 5.75 Å². The van der Waals surface area contributed by atoms with Gasteiger partial charge in [0.2, 0.25) is 0 Å². The third-order valence-electron chi connectivity index (χ3n) is 5.41. The van der Waals surface area contributed by atoms with Crippen molar-refractivity contribution < 1.29 is 9.13 Å². The highest BCUT2D eigenvalue weighted by atomic mass is 19.1. The van der Waals surface area contributed by atoms with Crippen LogP contribution >= 0.6 is 0 Å². The first kappa shape index (κ1) is 20.1. The molecule has 0 fully saturated rings. The number of unbranched alkanes of at least 4 members (excludes halogenated alkanes) is 1. The zero-order valence-electron chi connectivity index (χ0n) is 17.7. The minimum Gasteiger partial charge on any atom is -0.494 e. The Kier molecular flexibility index (Phi) is 5.80. The van der Waals surface area contributed by atoms with E-state index in [0.29, 0.717) is 0 Å². The van der Waals surface area contributed by atoms with E-state index in [-0.39, 0.29) is 5.82 Å². The van der Waals surface area contributed by atoms with Crippen molar-refractivity contribution >= 4 is 10.9 Å². The van der Waals surface area contributed by atoms with Crippen molar-refractivity contribution in [3.63, 3.8) is 0 Å². The topological polar surface area (TPSA) is 22.1 Å². The van der Waals surface area contributed by atoms with Gasteiger partial charge < -0.3 is 4.74 Å². The zero-order valence-corrected chi connectivity index (χ0v) is 17.7. The van der Waals surface area contributed by atoms with Crippen LogP contribution in [-0.2, 0) is 0 Å². The summed E-state index contributed by atoms with van der Waals surface area (Å²) in [6, 6.07) is 21.5. The molecule has 0 N–H and O–H groups in total. The second-order valence-electron chi connectivity index (χ2n) is 7.75. The van der Waals surface area contributed by atoms with Crippen LogP contribution in [0, 0.1) is 19.7 Å². The van der Waals surface area contributed by atoms with E-state index in [1.165, 1.54) is 6.07 Å². The van der Waals surface area contributed by atoms with E-state index < -0.39 is 0 Å². The molecule has 0 atom stereocenters. The molecule has 4 aromatic rings. The van der Waals surface area contributed by atoms with Gasteiger partial charge in [0.05, 0.1) is 17.8 Å². The fraction of sp³-hybridized carbons (Fsp3) is 0.222. The number of rotatable bonds is 6. The van der Waals surface area contributed by atoms with Gasteiger partial charge in [-0.1, -0.05) is 43.7 Å². The number of benzene rings is 3. The fourth-order valence-corrected chi connectivity index (χ4v) is 3.73. The summed E-state index contributed by atoms with van der Waals surface area (Å²) in [6.45, 7) is 7.01. The normalized spacial score (nSPS) is 11.1. The van der Waals surface area contributed by atoms with Crippen molar-refractivity contribution in [2.24, 2.45) is 0 Å². The predicted molar refractivity (Wildman–Crippen MR) is 122 cm³/mol. The lowest BCUT2D eigenvalue weighted by Gasteiger charge is -2.12. The van der Waals surface area contributed by atoms with Crippen molar-refractivity contribution in [1.29, 1.82) is 0 Å². The third kappa shape index (κ3) is 4.20. The van der Waals surface area contributed by atoms with Gasteiger partial charge in [-0.3, -0.25) is 0 Å². The Hall–Kier alpha value is -3.20. The maximum Gasteiger partial charge on any atom is 0.123 e. The molecular formula is C27H26FNO. The Balaban J connectivity index is 1.66. The van der Waals surface area contributed by atoms with Crippen molar-refractivity contribution in [3.8, 4) is 28.1 Å². The van der Waals surface area contributed by atoms with Gasteiger partial charge in [0, 0.05) is 10.9 Å². The molecule has 0 saturated carbocycles. The van der Waals surface area contributed by atoms with Gasteiger partial charge >= 0.3 is 0 Å². The zero-order chi connectivity index (χ0) is 21.1. The summed E-state index contributed by atoms with van der Waals surface area (Å²) in [5, 5.41) is 0.855. The van der Waals surface area contributed by atoms with Crippen LogP contribution in [0.1, 0.15) is 30.9 Å². The summed E-state index contributed by atoms with van der Waals surface area (Å²) in [7, 11) is 0. The smallest absolute Gasteiger partial charge is 0.123 e. The second kappa shape index (κ2) is 8.66. The lowest BCUT2D eigenvalue weighted by molar-refractivity contribution is 0.309. The summed E-state index contributed by atoms with van der Waals surface area (Å²) >= 11 is 0. The molecule has 1 aromatic heterocycles. The van der Waals surface area contributed by atoms with Gasteiger partial charge in [-0.15, -0.1) is 0 Å². The lowest BCUT2D eigenvalue weighted by atomic mass is 9.97. The minimum absolute atomic E-state index is 0.235. The van der Waals surface area contributed by atoms with E-state index >= 15 is 0 Å². The van der Waals surface area contributed by atoms with Gasteiger partial charge in [0.15, 0.2) is 0 Å². The number of halogens is 1. The van der Waals surface area contributed by atoms with Crippen LogP contribution in [0.2, 0.25) is 0 Å². The average molecular weight is 400 g/mol. The highest BCUT2D eigenvalue weighted by molar-refractivity contribution is 5.85. The Morgan fingerprint density at radius 3 is 2.50 bits per heavy atom. The number of pyridine rings is 1. The maximum atomic E-state index is 13.6. The second-order valence-corrected chi connectivity index (χ2v) is 7.75. The molecule has 3 heteroatoms. The summed E-state index contributed by atoms with van der Waals surface area (Å²) < 4.78 is 19.4. The number of aryl methyl sites for hydroxylation is 2. The van der Waals surface area contributed by atoms with E-state index in [9.17, 15) is 4.39 Å². The molecule has 3 aromatic carbocycles. The van der Waals surface area contributed by atoms with Crippen LogP contribution < -0.4 is 4.74 Å². The Morgan fingerprint density at radius 1 is 0.867 bits per heavy atom. The summed E-state index contributed by atoms with van der Waals surface area (Å²) in [5.41, 5.74) is 7.27. The number of hydrogen-bond donors (Lipinski definition) is 0. The Labute approximate surface area is 177 Å². The van der Waals surface area contributed by atoms with Crippen molar-refractivity contribution in [2.45, 2.75) is 33.6 Å². The fourth-order valence-electron chi connectivity index (χ4n) is 3.73. The van der Waals surface area contributed by atoms with E-state index in [0.717, 1.165) is 69.6 Å². The maximum absolute atomic E-state index is 13.6. The largest absolute Gasteiger partial charge is 0.494 e. The highest BCUT2D eigenvalue weighted by Gasteiger charge is 2.10. The first-order valence-corrected chi connectivity index (χ1v) is 10.5. The van der Waals surface area contributed by atoms with Crippen LogP contribution in [0.25, 0.3) is 33.3 Å². The van der Waals surface area contributed by atoms with Gasteiger partial charge in [-0.25, -0.2) is 9.37 Å². The molecule has 0 aliphatic rings. The number of nitrogens with zero attached hydrogens (tertiary/aromatic N) is 1. The summed E-state index contributed by atoms with van der Waals surface area (Å²) in [5.74, 6) is 0.670. The molecule has 0 aliphatic heterocycles. The molecule has 30 heavy (non-hydrogen) atoms. The first-order chi connectivity index (χ1) is 14.5. The standard InChI is InChI=1S/C27H26FNO/c1-4-5-13-30-23-8-6-7-20(16-23)21-9-11-24(18(2)14-21)27-15-19(3)25-17-22(28)10-12-26(25)29-27/h6-12,14-17H,4-5,13H2,1-3H3. The minimum atomic E-state index is -0.235. The molecule has 0 bridgehead atoms. The molecule has 2 nitrogen and oxygen atoms in total. The molecule has 4 rings (SSSR count). The predicted octanol–water partition coefficient (Wildman–Crippen LogP) is 7.50. The molecule has 0 aliphatic carbocycles. The van der Waals surface area contributed by atoms with Gasteiger partial charge in [-0.05, 0) is 78.9 Å². The van der Waals surface area contributed by atoms with Crippen molar-refractivity contribution in [1.82, 2.24) is 4.98 Å². The number of ether oxygens (including phenoxy) is 1. The van der Waals surface area contributed by atoms with E-state index in [1.54, 1.807) is 12.1 Å². The third-order valence-corrected chi connectivity index (χ3v) is 5.41. The average Bonchev–Trinajstić information content (AvgIpc) is 2.74. The van der Waals surface area contributed by atoms with E-state index in [1.807, 2.05) is 25.1 Å². The SMILES string of the molecule is CCCCOc1cccc(-c2ccc(-c3cc(C)c4cc(F)ccc4n3)c(C)c2)c1. The van der Waals surface area contributed by atoms with Crippen LogP contribution in [-0.4, -0.2) is 11.6 Å². The van der Waals surface area contributed by atoms with Crippen LogP contribution in [0.4, 0.5) is 4.39 Å².